The molecule has 124 valence electrons. The third-order valence-electron chi connectivity index (χ3n) is 3.98. The van der Waals surface area contributed by atoms with Crippen LogP contribution in [0.5, 0.6) is 0 Å². The molecule has 1 aliphatic heterocycles. The molecule has 1 aromatic carbocycles. The molecule has 2 rings (SSSR count). The van der Waals surface area contributed by atoms with Crippen molar-refractivity contribution in [1.82, 2.24) is 21.1 Å². The monoisotopic (exact) mass is 316 g/mol. The highest BCUT2D eigenvalue weighted by atomic mass is 19.4. The highest BCUT2D eigenvalue weighted by Crippen LogP contribution is 2.37. The van der Waals surface area contributed by atoms with Crippen LogP contribution in [0.25, 0.3) is 0 Å². The first kappa shape index (κ1) is 17.2. The lowest BCUT2D eigenvalue weighted by atomic mass is 9.91. The van der Waals surface area contributed by atoms with Crippen molar-refractivity contribution in [2.45, 2.75) is 12.2 Å². The summed E-state index contributed by atoms with van der Waals surface area (Å²) in [4.78, 5) is 2.14. The van der Waals surface area contributed by atoms with Crippen molar-refractivity contribution < 1.29 is 13.2 Å². The van der Waals surface area contributed by atoms with E-state index in [1.807, 2.05) is 14.1 Å². The van der Waals surface area contributed by atoms with Crippen LogP contribution in [-0.2, 0) is 6.18 Å². The molecule has 3 N–H and O–H groups in total. The summed E-state index contributed by atoms with van der Waals surface area (Å²) in [6.45, 7) is 3.10. The molecule has 7 heteroatoms. The number of alkyl halides is 3. The molecule has 0 bridgehead atoms. The van der Waals surface area contributed by atoms with E-state index in [0.717, 1.165) is 25.7 Å². The maximum Gasteiger partial charge on any atom is 0.416 e. The average molecular weight is 316 g/mol. The van der Waals surface area contributed by atoms with Crippen molar-refractivity contribution in [3.05, 3.63) is 35.4 Å². The number of nitrogens with zero attached hydrogens (tertiary/aromatic N) is 1. The van der Waals surface area contributed by atoms with Gasteiger partial charge in [0.2, 0.25) is 0 Å². The zero-order valence-electron chi connectivity index (χ0n) is 12.9. The highest BCUT2D eigenvalue weighted by molar-refractivity contribution is 5.33. The van der Waals surface area contributed by atoms with Gasteiger partial charge in [-0.15, -0.1) is 0 Å². The number of rotatable bonds is 6. The van der Waals surface area contributed by atoms with E-state index in [9.17, 15) is 13.2 Å². The molecule has 2 atom stereocenters. The summed E-state index contributed by atoms with van der Waals surface area (Å²) >= 11 is 0. The van der Waals surface area contributed by atoms with Crippen LogP contribution in [0, 0.1) is 5.92 Å². The summed E-state index contributed by atoms with van der Waals surface area (Å²) in [5.41, 5.74) is 5.76. The van der Waals surface area contributed by atoms with Gasteiger partial charge in [-0.05, 0) is 25.7 Å². The van der Waals surface area contributed by atoms with Crippen LogP contribution in [0.4, 0.5) is 13.2 Å². The quantitative estimate of drug-likeness (QED) is 0.746. The Hall–Kier alpha value is -1.15. The van der Waals surface area contributed by atoms with Gasteiger partial charge >= 0.3 is 6.18 Å². The fourth-order valence-corrected chi connectivity index (χ4v) is 2.86. The van der Waals surface area contributed by atoms with E-state index >= 15 is 0 Å². The van der Waals surface area contributed by atoms with Crippen LogP contribution in [0.3, 0.4) is 0 Å². The molecule has 0 saturated carbocycles. The molecule has 22 heavy (non-hydrogen) atoms. The van der Waals surface area contributed by atoms with Gasteiger partial charge in [0.1, 0.15) is 0 Å². The van der Waals surface area contributed by atoms with E-state index < -0.39 is 11.7 Å². The number of nitrogens with one attached hydrogen (secondary N) is 3. The Balaban J connectivity index is 2.14. The standard InChI is InChI=1S/C15H23F3N4/c1-19-7-8-22(2)10-11-9-20-21-14(11)12-5-3-4-6-13(12)15(16,17)18/h3-6,11,14,19-21H,7-10H2,1-2H3. The SMILES string of the molecule is CNCCN(C)CC1CNNC1c1ccccc1C(F)(F)F. The van der Waals surface area contributed by atoms with Gasteiger partial charge in [0.25, 0.3) is 0 Å². The Morgan fingerprint density at radius 2 is 2.05 bits per heavy atom. The number of likely N-dealkylation sites (N-methyl/N-ethyl adjacent to an activating group) is 2. The first-order valence-electron chi connectivity index (χ1n) is 7.41. The van der Waals surface area contributed by atoms with E-state index in [-0.39, 0.29) is 12.0 Å². The van der Waals surface area contributed by atoms with Gasteiger partial charge in [-0.1, -0.05) is 18.2 Å². The van der Waals surface area contributed by atoms with Crippen molar-refractivity contribution in [3.63, 3.8) is 0 Å². The van der Waals surface area contributed by atoms with Crippen LogP contribution in [-0.4, -0.2) is 45.2 Å². The minimum atomic E-state index is -4.33. The molecule has 1 saturated heterocycles. The van der Waals surface area contributed by atoms with Crippen molar-refractivity contribution in [3.8, 4) is 0 Å². The molecule has 1 aromatic rings. The Kier molecular flexibility index (Phi) is 5.80. The Morgan fingerprint density at radius 1 is 1.32 bits per heavy atom. The fourth-order valence-electron chi connectivity index (χ4n) is 2.86. The lowest BCUT2D eigenvalue weighted by molar-refractivity contribution is -0.138. The fraction of sp³-hybridized carbons (Fsp3) is 0.600. The number of benzene rings is 1. The van der Waals surface area contributed by atoms with Crippen molar-refractivity contribution in [2.75, 3.05) is 40.3 Å². The Bertz CT molecular complexity index is 478. The lowest BCUT2D eigenvalue weighted by Crippen LogP contribution is -2.34. The predicted molar refractivity (Wildman–Crippen MR) is 80.2 cm³/mol. The van der Waals surface area contributed by atoms with Crippen LogP contribution in [0.15, 0.2) is 24.3 Å². The van der Waals surface area contributed by atoms with E-state index in [0.29, 0.717) is 12.1 Å². The highest BCUT2D eigenvalue weighted by Gasteiger charge is 2.38. The number of hydrogen-bond donors (Lipinski definition) is 3. The predicted octanol–water partition coefficient (Wildman–Crippen LogP) is 1.62. The minimum absolute atomic E-state index is 0.0883. The second-order valence-electron chi connectivity index (χ2n) is 5.71. The molecule has 4 nitrogen and oxygen atoms in total. The normalized spacial score (nSPS) is 22.5. The van der Waals surface area contributed by atoms with Crippen LogP contribution in [0.2, 0.25) is 0 Å². The number of hydrogen-bond acceptors (Lipinski definition) is 4. The van der Waals surface area contributed by atoms with Gasteiger partial charge in [0.05, 0.1) is 11.6 Å². The van der Waals surface area contributed by atoms with E-state index in [1.54, 1.807) is 12.1 Å². The van der Waals surface area contributed by atoms with Crippen molar-refractivity contribution in [2.24, 2.45) is 5.92 Å². The van der Waals surface area contributed by atoms with Gasteiger partial charge in [-0.2, -0.15) is 13.2 Å². The molecule has 0 radical (unpaired) electrons. The molecule has 1 heterocycles. The third kappa shape index (κ3) is 4.19. The summed E-state index contributed by atoms with van der Waals surface area (Å²) in [6, 6.07) is 5.47. The molecule has 0 aliphatic carbocycles. The molecule has 0 amide bonds. The van der Waals surface area contributed by atoms with Crippen LogP contribution < -0.4 is 16.2 Å². The number of hydrazine groups is 1. The summed E-state index contributed by atoms with van der Waals surface area (Å²) in [7, 11) is 3.87. The second-order valence-corrected chi connectivity index (χ2v) is 5.71. The Labute approximate surface area is 129 Å². The van der Waals surface area contributed by atoms with Crippen LogP contribution in [0.1, 0.15) is 17.2 Å². The summed E-state index contributed by atoms with van der Waals surface area (Å²) < 4.78 is 39.6. The largest absolute Gasteiger partial charge is 0.416 e. The zero-order chi connectivity index (χ0) is 16.2. The molecule has 1 fully saturated rings. The minimum Gasteiger partial charge on any atom is -0.318 e. The van der Waals surface area contributed by atoms with Gasteiger partial charge < -0.3 is 10.2 Å². The second kappa shape index (κ2) is 7.41. The molecule has 0 aromatic heterocycles. The van der Waals surface area contributed by atoms with E-state index in [2.05, 4.69) is 21.1 Å². The molecule has 2 unspecified atom stereocenters. The maximum absolute atomic E-state index is 13.2. The molecule has 1 aliphatic rings. The van der Waals surface area contributed by atoms with Crippen molar-refractivity contribution in [1.29, 1.82) is 0 Å². The van der Waals surface area contributed by atoms with E-state index in [1.165, 1.54) is 6.07 Å². The topological polar surface area (TPSA) is 39.3 Å². The summed E-state index contributed by atoms with van der Waals surface area (Å²) in [6.07, 6.45) is -4.33. The summed E-state index contributed by atoms with van der Waals surface area (Å²) in [5.74, 6) is 0.0883. The molecular weight excluding hydrogens is 293 g/mol. The molecular formula is C15H23F3N4. The first-order chi connectivity index (χ1) is 10.4. The third-order valence-corrected chi connectivity index (χ3v) is 3.98. The van der Waals surface area contributed by atoms with Gasteiger partial charge in [0, 0.05) is 32.1 Å². The lowest BCUT2D eigenvalue weighted by Gasteiger charge is -2.26. The average Bonchev–Trinajstić information content (AvgIpc) is 2.92. The summed E-state index contributed by atoms with van der Waals surface area (Å²) in [5, 5.41) is 3.07. The van der Waals surface area contributed by atoms with Gasteiger partial charge in [-0.25, -0.2) is 5.43 Å². The first-order valence-corrected chi connectivity index (χ1v) is 7.41. The smallest absolute Gasteiger partial charge is 0.318 e. The maximum atomic E-state index is 13.2. The Morgan fingerprint density at radius 3 is 2.73 bits per heavy atom. The van der Waals surface area contributed by atoms with Crippen LogP contribution >= 0.6 is 0 Å². The van der Waals surface area contributed by atoms with Gasteiger partial charge in [-0.3, -0.25) is 5.43 Å². The molecule has 0 spiro atoms. The van der Waals surface area contributed by atoms with Gasteiger partial charge in [0.15, 0.2) is 0 Å². The zero-order valence-corrected chi connectivity index (χ0v) is 12.9. The van der Waals surface area contributed by atoms with E-state index in [4.69, 9.17) is 0 Å². The number of halogens is 3. The van der Waals surface area contributed by atoms with Crippen molar-refractivity contribution >= 4 is 0 Å².